The van der Waals surface area contributed by atoms with Gasteiger partial charge < -0.3 is 20.4 Å². The van der Waals surface area contributed by atoms with Crippen LogP contribution < -0.4 is 15.4 Å². The number of hydrogen-bond donors (Lipinski definition) is 3. The minimum atomic E-state index is -4.59. The molecule has 2 aromatic carbocycles. The SMILES string of the molecule is COc1ccc(NC(=O)NCCc2cccc(-c3cnc4[nH]ccc4c3)c2)cc1C(F)(F)F. The van der Waals surface area contributed by atoms with Gasteiger partial charge >= 0.3 is 12.2 Å². The predicted molar refractivity (Wildman–Crippen MR) is 120 cm³/mol. The number of ether oxygens (including phenoxy) is 1. The largest absolute Gasteiger partial charge is 0.496 e. The predicted octanol–water partition coefficient (Wildman–Crippen LogP) is 5.62. The van der Waals surface area contributed by atoms with E-state index in [-0.39, 0.29) is 11.4 Å². The van der Waals surface area contributed by atoms with Crippen molar-refractivity contribution < 1.29 is 22.7 Å². The van der Waals surface area contributed by atoms with Crippen molar-refractivity contribution in [2.24, 2.45) is 0 Å². The number of alkyl halides is 3. The smallest absolute Gasteiger partial charge is 0.420 e. The topological polar surface area (TPSA) is 79.0 Å². The number of H-pyrrole nitrogens is 1. The van der Waals surface area contributed by atoms with Crippen LogP contribution >= 0.6 is 0 Å². The second-order valence-electron chi connectivity index (χ2n) is 7.38. The third kappa shape index (κ3) is 5.25. The zero-order chi connectivity index (χ0) is 23.4. The van der Waals surface area contributed by atoms with Crippen molar-refractivity contribution in [2.75, 3.05) is 19.0 Å². The molecule has 2 amide bonds. The molecule has 170 valence electrons. The number of anilines is 1. The first-order chi connectivity index (χ1) is 15.8. The molecule has 0 saturated carbocycles. The molecule has 33 heavy (non-hydrogen) atoms. The summed E-state index contributed by atoms with van der Waals surface area (Å²) in [4.78, 5) is 19.6. The van der Waals surface area contributed by atoms with Gasteiger partial charge in [-0.25, -0.2) is 9.78 Å². The van der Waals surface area contributed by atoms with Gasteiger partial charge in [0.2, 0.25) is 0 Å². The number of pyridine rings is 1. The molecule has 0 spiro atoms. The van der Waals surface area contributed by atoms with E-state index in [9.17, 15) is 18.0 Å². The number of urea groups is 1. The van der Waals surface area contributed by atoms with Crippen LogP contribution in [-0.2, 0) is 12.6 Å². The number of methoxy groups -OCH3 is 1. The highest BCUT2D eigenvalue weighted by Gasteiger charge is 2.34. The zero-order valence-electron chi connectivity index (χ0n) is 17.7. The van der Waals surface area contributed by atoms with Crippen LogP contribution in [0.3, 0.4) is 0 Å². The molecule has 0 fully saturated rings. The van der Waals surface area contributed by atoms with Crippen molar-refractivity contribution in [3.63, 3.8) is 0 Å². The third-order valence-electron chi connectivity index (χ3n) is 5.12. The van der Waals surface area contributed by atoms with Crippen LogP contribution in [0.2, 0.25) is 0 Å². The summed E-state index contributed by atoms with van der Waals surface area (Å²) in [6.45, 7) is 0.312. The van der Waals surface area contributed by atoms with Crippen LogP contribution in [0, 0.1) is 0 Å². The summed E-state index contributed by atoms with van der Waals surface area (Å²) in [5, 5.41) is 6.11. The number of hydrogen-bond acceptors (Lipinski definition) is 3. The molecule has 4 aromatic rings. The number of benzene rings is 2. The molecule has 6 nitrogen and oxygen atoms in total. The Balaban J connectivity index is 1.36. The Labute approximate surface area is 187 Å². The van der Waals surface area contributed by atoms with Crippen molar-refractivity contribution in [1.82, 2.24) is 15.3 Å². The summed E-state index contributed by atoms with van der Waals surface area (Å²) in [5.74, 6) is -0.306. The second kappa shape index (κ2) is 9.23. The first-order valence-corrected chi connectivity index (χ1v) is 10.2. The van der Waals surface area contributed by atoms with Gasteiger partial charge in [0.1, 0.15) is 11.4 Å². The molecule has 0 atom stereocenters. The molecule has 0 aliphatic carbocycles. The van der Waals surface area contributed by atoms with Gasteiger partial charge in [0, 0.05) is 35.6 Å². The summed E-state index contributed by atoms with van der Waals surface area (Å²) in [5.41, 5.74) is 2.89. The summed E-state index contributed by atoms with van der Waals surface area (Å²) in [7, 11) is 1.16. The van der Waals surface area contributed by atoms with Crippen LogP contribution in [0.25, 0.3) is 22.2 Å². The molecule has 2 aromatic heterocycles. The number of nitrogens with zero attached hydrogens (tertiary/aromatic N) is 1. The van der Waals surface area contributed by atoms with Gasteiger partial charge in [-0.3, -0.25) is 0 Å². The molecule has 0 radical (unpaired) electrons. The third-order valence-corrected chi connectivity index (χ3v) is 5.12. The Morgan fingerprint density at radius 1 is 1.09 bits per heavy atom. The van der Waals surface area contributed by atoms with E-state index in [2.05, 4.69) is 20.6 Å². The van der Waals surface area contributed by atoms with Gasteiger partial charge in [0.25, 0.3) is 0 Å². The molecule has 3 N–H and O–H groups in total. The Morgan fingerprint density at radius 2 is 1.94 bits per heavy atom. The van der Waals surface area contributed by atoms with E-state index >= 15 is 0 Å². The first-order valence-electron chi connectivity index (χ1n) is 10.2. The summed E-state index contributed by atoms with van der Waals surface area (Å²) < 4.78 is 44.2. The lowest BCUT2D eigenvalue weighted by molar-refractivity contribution is -0.138. The average molecular weight is 454 g/mol. The van der Waals surface area contributed by atoms with Gasteiger partial charge in [0.15, 0.2) is 0 Å². The molecule has 9 heteroatoms. The van der Waals surface area contributed by atoms with Crippen molar-refractivity contribution in [1.29, 1.82) is 0 Å². The highest BCUT2D eigenvalue weighted by molar-refractivity contribution is 5.89. The highest BCUT2D eigenvalue weighted by atomic mass is 19.4. The Hall–Kier alpha value is -4.01. The van der Waals surface area contributed by atoms with Gasteiger partial charge in [-0.1, -0.05) is 24.3 Å². The van der Waals surface area contributed by atoms with Crippen molar-refractivity contribution in [3.05, 3.63) is 78.1 Å². The fraction of sp³-hybridized carbons (Fsp3) is 0.167. The lowest BCUT2D eigenvalue weighted by atomic mass is 10.0. The van der Waals surface area contributed by atoms with E-state index in [0.29, 0.717) is 13.0 Å². The molecule has 0 bridgehead atoms. The van der Waals surface area contributed by atoms with E-state index in [1.807, 2.05) is 42.6 Å². The fourth-order valence-corrected chi connectivity index (χ4v) is 3.51. The molecule has 0 saturated heterocycles. The Bertz CT molecular complexity index is 1280. The number of carbonyl (C=O) groups is 1. The van der Waals surface area contributed by atoms with Gasteiger partial charge in [-0.15, -0.1) is 0 Å². The number of fused-ring (bicyclic) bond motifs is 1. The highest BCUT2D eigenvalue weighted by Crippen LogP contribution is 2.37. The number of carbonyl (C=O) groups excluding carboxylic acids is 1. The number of rotatable bonds is 6. The minimum absolute atomic E-state index is 0.0234. The van der Waals surface area contributed by atoms with E-state index < -0.39 is 17.8 Å². The molecule has 0 unspecified atom stereocenters. The maximum atomic E-state index is 13.1. The van der Waals surface area contributed by atoms with Crippen LogP contribution in [0.4, 0.5) is 23.7 Å². The molecule has 4 rings (SSSR count). The van der Waals surface area contributed by atoms with Crippen molar-refractivity contribution in [2.45, 2.75) is 12.6 Å². The lowest BCUT2D eigenvalue weighted by Crippen LogP contribution is -2.30. The lowest BCUT2D eigenvalue weighted by Gasteiger charge is -2.14. The van der Waals surface area contributed by atoms with E-state index in [0.717, 1.165) is 40.9 Å². The van der Waals surface area contributed by atoms with E-state index in [1.54, 1.807) is 6.20 Å². The Kier molecular flexibility index (Phi) is 6.21. The Morgan fingerprint density at radius 3 is 2.73 bits per heavy atom. The van der Waals surface area contributed by atoms with Crippen LogP contribution in [0.1, 0.15) is 11.1 Å². The standard InChI is InChI=1S/C24H21F3N4O2/c1-33-21-6-5-19(13-20(21)24(25,26)27)31-23(32)29-9-7-15-3-2-4-16(11-15)18-12-17-8-10-28-22(17)30-14-18/h2-6,8,10-14H,7,9H2,1H3,(H,28,30)(H2,29,31,32). The molecule has 0 aliphatic heterocycles. The van der Waals surface area contributed by atoms with E-state index in [1.165, 1.54) is 12.1 Å². The number of amides is 2. The van der Waals surface area contributed by atoms with Crippen LogP contribution in [0.5, 0.6) is 5.75 Å². The van der Waals surface area contributed by atoms with Crippen molar-refractivity contribution in [3.8, 4) is 16.9 Å². The second-order valence-corrected chi connectivity index (χ2v) is 7.38. The summed E-state index contributed by atoms with van der Waals surface area (Å²) in [6, 6.07) is 14.7. The summed E-state index contributed by atoms with van der Waals surface area (Å²) >= 11 is 0. The van der Waals surface area contributed by atoms with Crippen LogP contribution in [-0.4, -0.2) is 29.7 Å². The van der Waals surface area contributed by atoms with Gasteiger partial charge in [0.05, 0.1) is 12.7 Å². The fourth-order valence-electron chi connectivity index (χ4n) is 3.51. The molecule has 2 heterocycles. The van der Waals surface area contributed by atoms with Crippen molar-refractivity contribution >= 4 is 22.8 Å². The van der Waals surface area contributed by atoms with Gasteiger partial charge in [-0.05, 0) is 47.9 Å². The number of halogens is 3. The average Bonchev–Trinajstić information content (AvgIpc) is 3.26. The number of aromatic amines is 1. The van der Waals surface area contributed by atoms with Gasteiger partial charge in [-0.2, -0.15) is 13.2 Å². The molecular formula is C24H21F3N4O2. The number of aromatic nitrogens is 2. The normalized spacial score (nSPS) is 11.4. The first kappa shape index (κ1) is 22.2. The van der Waals surface area contributed by atoms with E-state index in [4.69, 9.17) is 4.74 Å². The molecule has 0 aliphatic rings. The maximum Gasteiger partial charge on any atom is 0.420 e. The van der Waals surface area contributed by atoms with Crippen LogP contribution in [0.15, 0.2) is 67.0 Å². The quantitative estimate of drug-likeness (QED) is 0.354. The maximum absolute atomic E-state index is 13.1. The monoisotopic (exact) mass is 454 g/mol. The summed E-state index contributed by atoms with van der Waals surface area (Å²) in [6.07, 6.45) is -0.401. The zero-order valence-corrected chi connectivity index (χ0v) is 17.7. The minimum Gasteiger partial charge on any atom is -0.496 e. The molecular weight excluding hydrogens is 433 g/mol. The number of nitrogens with one attached hydrogen (secondary N) is 3.